The summed E-state index contributed by atoms with van der Waals surface area (Å²) >= 11 is 0. The van der Waals surface area contributed by atoms with Crippen molar-refractivity contribution in [2.24, 2.45) is 0 Å². The van der Waals surface area contributed by atoms with E-state index in [1.54, 1.807) is 24.3 Å². The van der Waals surface area contributed by atoms with Gasteiger partial charge in [-0.1, -0.05) is 0 Å². The van der Waals surface area contributed by atoms with Gasteiger partial charge in [0.25, 0.3) is 0 Å². The van der Waals surface area contributed by atoms with Crippen LogP contribution in [0.5, 0.6) is 0 Å². The molecule has 0 bridgehead atoms. The smallest absolute Gasteiger partial charge is 0.353 e. The van der Waals surface area contributed by atoms with Gasteiger partial charge in [-0.05, 0) is 48.5 Å². The fourth-order valence-electron chi connectivity index (χ4n) is 2.62. The van der Waals surface area contributed by atoms with Gasteiger partial charge in [0, 0.05) is 11.4 Å². The molecular formula is C20H17N5O6. The van der Waals surface area contributed by atoms with Crippen LogP contribution in [0.1, 0.15) is 20.7 Å². The van der Waals surface area contributed by atoms with Crippen LogP contribution < -0.4 is 10.6 Å². The predicted molar refractivity (Wildman–Crippen MR) is 111 cm³/mol. The van der Waals surface area contributed by atoms with E-state index in [2.05, 4.69) is 30.1 Å². The Hall–Kier alpha value is -4.54. The van der Waals surface area contributed by atoms with E-state index in [-0.39, 0.29) is 17.3 Å². The molecule has 0 spiro atoms. The van der Waals surface area contributed by atoms with Crippen LogP contribution in [0.25, 0.3) is 0 Å². The zero-order valence-electron chi connectivity index (χ0n) is 16.5. The van der Waals surface area contributed by atoms with Crippen LogP contribution in [-0.2, 0) is 9.47 Å². The highest BCUT2D eigenvalue weighted by Crippen LogP contribution is 2.33. The lowest BCUT2D eigenvalue weighted by Crippen LogP contribution is -2.06. The highest BCUT2D eigenvalue weighted by atomic mass is 16.6. The van der Waals surface area contributed by atoms with Crippen molar-refractivity contribution in [3.8, 4) is 0 Å². The molecule has 0 fully saturated rings. The van der Waals surface area contributed by atoms with Crippen molar-refractivity contribution in [3.05, 3.63) is 76.1 Å². The fraction of sp³-hybridized carbons (Fsp3) is 0.100. The molecule has 0 radical (unpaired) electrons. The van der Waals surface area contributed by atoms with Gasteiger partial charge in [-0.2, -0.15) is 0 Å². The number of carbonyl (C=O) groups excluding carboxylic acids is 2. The lowest BCUT2D eigenvalue weighted by Gasteiger charge is -2.10. The lowest BCUT2D eigenvalue weighted by atomic mass is 10.2. The van der Waals surface area contributed by atoms with E-state index < -0.39 is 16.9 Å². The lowest BCUT2D eigenvalue weighted by molar-refractivity contribution is -0.383. The first-order chi connectivity index (χ1) is 14.9. The second-order valence-electron chi connectivity index (χ2n) is 6.06. The minimum atomic E-state index is -0.615. The summed E-state index contributed by atoms with van der Waals surface area (Å²) < 4.78 is 9.28. The number of hydrogen-bond donors (Lipinski definition) is 2. The quantitative estimate of drug-likeness (QED) is 0.329. The molecule has 3 aromatic rings. The van der Waals surface area contributed by atoms with Crippen molar-refractivity contribution in [2.75, 3.05) is 24.9 Å². The van der Waals surface area contributed by atoms with Crippen molar-refractivity contribution < 1.29 is 24.0 Å². The molecule has 0 aliphatic rings. The molecule has 0 saturated heterocycles. The first-order valence-electron chi connectivity index (χ1n) is 8.83. The number of esters is 2. The average molecular weight is 423 g/mol. The molecule has 2 aromatic carbocycles. The Morgan fingerprint density at radius 1 is 0.806 bits per heavy atom. The Kier molecular flexibility index (Phi) is 6.36. The average Bonchev–Trinajstić information content (AvgIpc) is 2.79. The van der Waals surface area contributed by atoms with E-state index in [1.807, 2.05) is 0 Å². The molecule has 158 valence electrons. The number of anilines is 4. The van der Waals surface area contributed by atoms with Gasteiger partial charge in [0.1, 0.15) is 6.33 Å². The molecule has 0 saturated carbocycles. The Labute approximate surface area is 176 Å². The molecule has 0 amide bonds. The molecule has 1 aromatic heterocycles. The largest absolute Gasteiger partial charge is 0.465 e. The zero-order valence-corrected chi connectivity index (χ0v) is 16.5. The summed E-state index contributed by atoms with van der Waals surface area (Å²) in [4.78, 5) is 42.1. The summed E-state index contributed by atoms with van der Waals surface area (Å²) in [5.41, 5.74) is 1.24. The maximum absolute atomic E-state index is 11.7. The Morgan fingerprint density at radius 2 is 1.19 bits per heavy atom. The molecule has 31 heavy (non-hydrogen) atoms. The van der Waals surface area contributed by atoms with Crippen molar-refractivity contribution in [2.45, 2.75) is 0 Å². The van der Waals surface area contributed by atoms with Gasteiger partial charge >= 0.3 is 17.6 Å². The van der Waals surface area contributed by atoms with E-state index in [0.717, 1.165) is 0 Å². The van der Waals surface area contributed by atoms with Crippen molar-refractivity contribution in [1.29, 1.82) is 0 Å². The van der Waals surface area contributed by atoms with Gasteiger partial charge in [-0.25, -0.2) is 19.6 Å². The standard InChI is InChI=1S/C20H17N5O6/c1-30-19(26)12-3-7-14(8-4-12)23-17-16(25(28)29)18(22-11-21-17)24-15-9-5-13(6-10-15)20(27)31-2/h3-11H,1-2H3,(H2,21,22,23,24). The van der Waals surface area contributed by atoms with E-state index in [0.29, 0.717) is 22.5 Å². The third kappa shape index (κ3) is 4.90. The van der Waals surface area contributed by atoms with Gasteiger partial charge in [0.15, 0.2) is 0 Å². The number of aromatic nitrogens is 2. The third-order valence-corrected chi connectivity index (χ3v) is 4.14. The van der Waals surface area contributed by atoms with Crippen LogP contribution in [0, 0.1) is 10.1 Å². The molecule has 0 atom stereocenters. The molecule has 0 aliphatic heterocycles. The van der Waals surface area contributed by atoms with Crippen molar-refractivity contribution in [1.82, 2.24) is 9.97 Å². The highest BCUT2D eigenvalue weighted by Gasteiger charge is 2.23. The van der Waals surface area contributed by atoms with Crippen molar-refractivity contribution in [3.63, 3.8) is 0 Å². The van der Waals surface area contributed by atoms with Crippen molar-refractivity contribution >= 4 is 40.6 Å². The summed E-state index contributed by atoms with van der Waals surface area (Å²) in [5.74, 6) is -1.08. The molecular weight excluding hydrogens is 406 g/mol. The number of ether oxygens (including phenoxy) is 2. The second kappa shape index (κ2) is 9.31. The van der Waals surface area contributed by atoms with E-state index in [9.17, 15) is 19.7 Å². The van der Waals surface area contributed by atoms with Crippen LogP contribution in [-0.4, -0.2) is 41.0 Å². The SMILES string of the molecule is COC(=O)c1ccc(Nc2ncnc(Nc3ccc(C(=O)OC)cc3)c2[N+](=O)[O-])cc1. The Bertz CT molecular complexity index is 1040. The van der Waals surface area contributed by atoms with E-state index in [1.165, 1.54) is 44.8 Å². The minimum absolute atomic E-state index is 0.0421. The maximum atomic E-state index is 11.7. The van der Waals surface area contributed by atoms with E-state index in [4.69, 9.17) is 0 Å². The molecule has 0 unspecified atom stereocenters. The third-order valence-electron chi connectivity index (χ3n) is 4.14. The Morgan fingerprint density at radius 3 is 1.52 bits per heavy atom. The van der Waals surface area contributed by atoms with Gasteiger partial charge in [0.2, 0.25) is 11.6 Å². The monoisotopic (exact) mass is 423 g/mol. The molecule has 1 heterocycles. The highest BCUT2D eigenvalue weighted by molar-refractivity contribution is 5.90. The predicted octanol–water partition coefficient (Wildman–Crippen LogP) is 3.45. The summed E-state index contributed by atoms with van der Waals surface area (Å²) in [6.45, 7) is 0. The fourth-order valence-corrected chi connectivity index (χ4v) is 2.62. The number of methoxy groups -OCH3 is 2. The molecule has 0 aliphatic carbocycles. The Balaban J connectivity index is 1.86. The topological polar surface area (TPSA) is 146 Å². The van der Waals surface area contributed by atoms with Gasteiger partial charge in [-0.3, -0.25) is 10.1 Å². The molecule has 11 heteroatoms. The van der Waals surface area contributed by atoms with Crippen LogP contribution >= 0.6 is 0 Å². The zero-order chi connectivity index (χ0) is 22.4. The molecule has 11 nitrogen and oxygen atoms in total. The molecule has 2 N–H and O–H groups in total. The van der Waals surface area contributed by atoms with Crippen LogP contribution in [0.2, 0.25) is 0 Å². The van der Waals surface area contributed by atoms with Crippen LogP contribution in [0.15, 0.2) is 54.9 Å². The first-order valence-corrected chi connectivity index (χ1v) is 8.83. The normalized spacial score (nSPS) is 10.1. The number of rotatable bonds is 7. The maximum Gasteiger partial charge on any atom is 0.353 e. The molecule has 3 rings (SSSR count). The second-order valence-corrected chi connectivity index (χ2v) is 6.06. The summed E-state index contributed by atoms with van der Waals surface area (Å²) in [5, 5.41) is 17.4. The minimum Gasteiger partial charge on any atom is -0.465 e. The number of hydrogen-bond acceptors (Lipinski definition) is 10. The summed E-state index contributed by atoms with van der Waals surface area (Å²) in [6.07, 6.45) is 1.17. The summed E-state index contributed by atoms with van der Waals surface area (Å²) in [6, 6.07) is 12.3. The summed E-state index contributed by atoms with van der Waals surface area (Å²) in [7, 11) is 2.55. The van der Waals surface area contributed by atoms with Crippen LogP contribution in [0.4, 0.5) is 28.7 Å². The number of benzene rings is 2. The first kappa shape index (κ1) is 21.2. The van der Waals surface area contributed by atoms with Gasteiger partial charge < -0.3 is 20.1 Å². The number of nitrogens with zero attached hydrogens (tertiary/aromatic N) is 3. The van der Waals surface area contributed by atoms with Gasteiger partial charge in [-0.15, -0.1) is 0 Å². The number of nitro groups is 1. The van der Waals surface area contributed by atoms with Gasteiger partial charge in [0.05, 0.1) is 30.3 Å². The van der Waals surface area contributed by atoms with E-state index >= 15 is 0 Å². The van der Waals surface area contributed by atoms with Crippen LogP contribution in [0.3, 0.4) is 0 Å². The number of carbonyl (C=O) groups is 2. The number of nitrogens with one attached hydrogen (secondary N) is 2.